The van der Waals surface area contributed by atoms with Crippen LogP contribution in [0, 0.1) is 25.2 Å². The lowest BCUT2D eigenvalue weighted by atomic mass is 9.80. The number of benzene rings is 1. The highest BCUT2D eigenvalue weighted by Gasteiger charge is 2.54. The summed E-state index contributed by atoms with van der Waals surface area (Å²) < 4.78 is 0. The number of carbonyl (C=O) groups excluding carboxylic acids is 2. The molecule has 2 aromatic rings. The number of hydrogen-bond acceptors (Lipinski definition) is 5. The Morgan fingerprint density at radius 3 is 2.28 bits per heavy atom. The van der Waals surface area contributed by atoms with E-state index in [-0.39, 0.29) is 23.1 Å². The van der Waals surface area contributed by atoms with Crippen LogP contribution in [0.4, 0.5) is 0 Å². The molecule has 0 aliphatic carbocycles. The molecule has 2 amide bonds. The van der Waals surface area contributed by atoms with Crippen LogP contribution in [-0.2, 0) is 0 Å². The predicted octanol–water partition coefficient (Wildman–Crippen LogP) is 2.54. The Bertz CT molecular complexity index is 926. The number of amides is 2. The zero-order chi connectivity index (χ0) is 20.8. The lowest BCUT2D eigenvalue weighted by Crippen LogP contribution is -2.43. The SMILES string of the molecule is Cc1nc(C)c(C(=O)N2C[C@H]3CN(C(=O)c4ccccc4)C[C@@]3(CN(C)C)C2)s1. The summed E-state index contributed by atoms with van der Waals surface area (Å²) in [6.07, 6.45) is 0. The van der Waals surface area contributed by atoms with Gasteiger partial charge in [-0.2, -0.15) is 0 Å². The normalized spacial score (nSPS) is 23.7. The molecule has 4 rings (SSSR count). The fourth-order valence-corrected chi connectivity index (χ4v) is 5.87. The average molecular weight is 413 g/mol. The standard InChI is InChI=1S/C22H28N4O2S/c1-15-19(29-16(2)23-15)21(28)26-11-18-10-25(13-22(18,14-26)12-24(3)4)20(27)17-8-6-5-7-9-17/h5-9,18H,10-14H2,1-4H3/t18-,22+/m1/s1. The fraction of sp³-hybridized carbons (Fsp3) is 0.500. The molecule has 154 valence electrons. The number of thiazole rings is 1. The maximum Gasteiger partial charge on any atom is 0.265 e. The molecule has 2 atom stereocenters. The van der Waals surface area contributed by atoms with E-state index in [1.807, 2.05) is 54.0 Å². The second kappa shape index (κ2) is 7.54. The zero-order valence-corrected chi connectivity index (χ0v) is 18.3. The van der Waals surface area contributed by atoms with Crippen molar-refractivity contribution in [1.29, 1.82) is 0 Å². The molecule has 2 aliphatic rings. The summed E-state index contributed by atoms with van der Waals surface area (Å²) in [5, 5.41) is 0.924. The number of carbonyl (C=O) groups is 2. The first kappa shape index (κ1) is 20.0. The van der Waals surface area contributed by atoms with Crippen LogP contribution in [0.3, 0.4) is 0 Å². The van der Waals surface area contributed by atoms with E-state index < -0.39 is 0 Å². The number of rotatable bonds is 4. The molecule has 2 aliphatic heterocycles. The summed E-state index contributed by atoms with van der Waals surface area (Å²) in [4.78, 5) is 37.5. The molecular formula is C22H28N4O2S. The van der Waals surface area contributed by atoms with Gasteiger partial charge in [-0.1, -0.05) is 18.2 Å². The van der Waals surface area contributed by atoms with E-state index in [9.17, 15) is 9.59 Å². The van der Waals surface area contributed by atoms with E-state index in [1.165, 1.54) is 11.3 Å². The number of likely N-dealkylation sites (tertiary alicyclic amines) is 2. The van der Waals surface area contributed by atoms with Gasteiger partial charge in [0.25, 0.3) is 11.8 Å². The van der Waals surface area contributed by atoms with E-state index in [2.05, 4.69) is 24.0 Å². The van der Waals surface area contributed by atoms with Crippen molar-refractivity contribution in [3.05, 3.63) is 51.5 Å². The Morgan fingerprint density at radius 2 is 1.72 bits per heavy atom. The van der Waals surface area contributed by atoms with Crippen molar-refractivity contribution in [1.82, 2.24) is 19.7 Å². The second-order valence-electron chi connectivity index (χ2n) is 8.68. The maximum absolute atomic E-state index is 13.2. The van der Waals surface area contributed by atoms with Gasteiger partial charge in [0.2, 0.25) is 0 Å². The van der Waals surface area contributed by atoms with Gasteiger partial charge in [0, 0.05) is 49.6 Å². The van der Waals surface area contributed by atoms with E-state index in [4.69, 9.17) is 0 Å². The summed E-state index contributed by atoms with van der Waals surface area (Å²) in [6.45, 7) is 7.48. The first-order valence-corrected chi connectivity index (χ1v) is 10.8. The van der Waals surface area contributed by atoms with Gasteiger partial charge in [-0.25, -0.2) is 4.98 Å². The van der Waals surface area contributed by atoms with Gasteiger partial charge < -0.3 is 14.7 Å². The Morgan fingerprint density at radius 1 is 1.10 bits per heavy atom. The first-order valence-electron chi connectivity index (χ1n) is 10.0. The maximum atomic E-state index is 13.2. The summed E-state index contributed by atoms with van der Waals surface area (Å²) in [6, 6.07) is 9.48. The van der Waals surface area contributed by atoms with Crippen molar-refractivity contribution in [2.75, 3.05) is 46.8 Å². The van der Waals surface area contributed by atoms with Crippen molar-refractivity contribution in [2.24, 2.45) is 11.3 Å². The fourth-order valence-electron chi connectivity index (χ4n) is 4.98. The summed E-state index contributed by atoms with van der Waals surface area (Å²) >= 11 is 1.48. The van der Waals surface area contributed by atoms with Crippen molar-refractivity contribution in [3.8, 4) is 0 Å². The van der Waals surface area contributed by atoms with Crippen LogP contribution in [0.25, 0.3) is 0 Å². The van der Waals surface area contributed by atoms with E-state index in [0.717, 1.165) is 27.7 Å². The van der Waals surface area contributed by atoms with Crippen LogP contribution in [-0.4, -0.2) is 78.3 Å². The Kier molecular flexibility index (Phi) is 5.21. The van der Waals surface area contributed by atoms with E-state index >= 15 is 0 Å². The molecule has 2 saturated heterocycles. The highest BCUT2D eigenvalue weighted by molar-refractivity contribution is 7.13. The quantitative estimate of drug-likeness (QED) is 0.774. The summed E-state index contributed by atoms with van der Waals surface area (Å²) in [7, 11) is 4.13. The summed E-state index contributed by atoms with van der Waals surface area (Å²) in [5.41, 5.74) is 1.46. The third-order valence-electron chi connectivity index (χ3n) is 6.08. The lowest BCUT2D eigenvalue weighted by molar-refractivity contribution is 0.0703. The van der Waals surface area contributed by atoms with Gasteiger partial charge in [-0.15, -0.1) is 11.3 Å². The molecule has 0 N–H and O–H groups in total. The highest BCUT2D eigenvalue weighted by Crippen LogP contribution is 2.44. The molecule has 29 heavy (non-hydrogen) atoms. The third kappa shape index (κ3) is 3.69. The van der Waals surface area contributed by atoms with Crippen LogP contribution in [0.15, 0.2) is 30.3 Å². The Labute approximate surface area is 176 Å². The third-order valence-corrected chi connectivity index (χ3v) is 7.14. The number of nitrogens with zero attached hydrogens (tertiary/aromatic N) is 4. The molecule has 6 nitrogen and oxygen atoms in total. The minimum Gasteiger partial charge on any atom is -0.338 e. The van der Waals surface area contributed by atoms with Gasteiger partial charge in [-0.05, 0) is 40.1 Å². The van der Waals surface area contributed by atoms with Crippen LogP contribution >= 0.6 is 11.3 Å². The van der Waals surface area contributed by atoms with Crippen LogP contribution in [0.5, 0.6) is 0 Å². The molecule has 0 spiro atoms. The van der Waals surface area contributed by atoms with Gasteiger partial charge in [0.15, 0.2) is 0 Å². The molecule has 0 bridgehead atoms. The zero-order valence-electron chi connectivity index (χ0n) is 17.5. The minimum atomic E-state index is -0.0861. The number of fused-ring (bicyclic) bond motifs is 1. The number of aromatic nitrogens is 1. The van der Waals surface area contributed by atoms with Crippen molar-refractivity contribution < 1.29 is 9.59 Å². The average Bonchev–Trinajstić information content (AvgIpc) is 3.30. The molecule has 0 saturated carbocycles. The van der Waals surface area contributed by atoms with Gasteiger partial charge >= 0.3 is 0 Å². The van der Waals surface area contributed by atoms with Crippen molar-refractivity contribution in [2.45, 2.75) is 13.8 Å². The molecule has 2 fully saturated rings. The van der Waals surface area contributed by atoms with Gasteiger partial charge in [0.05, 0.1) is 10.7 Å². The first-order chi connectivity index (χ1) is 13.8. The lowest BCUT2D eigenvalue weighted by Gasteiger charge is -2.32. The topological polar surface area (TPSA) is 56.8 Å². The van der Waals surface area contributed by atoms with Crippen LogP contribution < -0.4 is 0 Å². The molecule has 1 aromatic heterocycles. The van der Waals surface area contributed by atoms with Crippen LogP contribution in [0.1, 0.15) is 30.7 Å². The van der Waals surface area contributed by atoms with Gasteiger partial charge in [-0.3, -0.25) is 9.59 Å². The highest BCUT2D eigenvalue weighted by atomic mass is 32.1. The molecule has 3 heterocycles. The van der Waals surface area contributed by atoms with Crippen molar-refractivity contribution in [3.63, 3.8) is 0 Å². The predicted molar refractivity (Wildman–Crippen MR) is 114 cm³/mol. The van der Waals surface area contributed by atoms with E-state index in [0.29, 0.717) is 26.2 Å². The Hall–Kier alpha value is -2.25. The van der Waals surface area contributed by atoms with Crippen LogP contribution in [0.2, 0.25) is 0 Å². The molecule has 0 radical (unpaired) electrons. The smallest absolute Gasteiger partial charge is 0.265 e. The second-order valence-corrected chi connectivity index (χ2v) is 9.89. The molecular weight excluding hydrogens is 384 g/mol. The number of aryl methyl sites for hydroxylation is 2. The molecule has 0 unspecified atom stereocenters. The summed E-state index contributed by atoms with van der Waals surface area (Å²) in [5.74, 6) is 0.460. The van der Waals surface area contributed by atoms with Gasteiger partial charge in [0.1, 0.15) is 4.88 Å². The monoisotopic (exact) mass is 412 g/mol. The minimum absolute atomic E-state index is 0.0848. The molecule has 7 heteroatoms. The number of hydrogen-bond donors (Lipinski definition) is 0. The van der Waals surface area contributed by atoms with Crippen molar-refractivity contribution >= 4 is 23.2 Å². The molecule has 1 aromatic carbocycles. The Balaban J connectivity index is 1.55. The van der Waals surface area contributed by atoms with E-state index in [1.54, 1.807) is 0 Å². The largest absolute Gasteiger partial charge is 0.338 e.